The van der Waals surface area contributed by atoms with Gasteiger partial charge in [-0.05, 0) is 43.7 Å². The first kappa shape index (κ1) is 21.0. The number of aryl methyl sites for hydroxylation is 2. The Labute approximate surface area is 171 Å². The van der Waals surface area contributed by atoms with E-state index in [0.717, 1.165) is 11.1 Å². The molecular weight excluding hydrogens is 390 g/mol. The van der Waals surface area contributed by atoms with E-state index in [4.69, 9.17) is 0 Å². The number of sulfonamides is 1. The molecular formula is C21H25N3O4S. The minimum Gasteiger partial charge on any atom is -0.336 e. The van der Waals surface area contributed by atoms with Crippen LogP contribution in [0.25, 0.3) is 0 Å². The largest absolute Gasteiger partial charge is 0.336 e. The van der Waals surface area contributed by atoms with Crippen LogP contribution in [0.5, 0.6) is 0 Å². The molecule has 2 amide bonds. The van der Waals surface area contributed by atoms with Gasteiger partial charge in [-0.2, -0.15) is 4.31 Å². The first-order valence-corrected chi connectivity index (χ1v) is 10.9. The van der Waals surface area contributed by atoms with Crippen molar-refractivity contribution in [1.29, 1.82) is 0 Å². The summed E-state index contributed by atoms with van der Waals surface area (Å²) in [5.74, 6) is -0.388. The van der Waals surface area contributed by atoms with Gasteiger partial charge in [0.15, 0.2) is 0 Å². The van der Waals surface area contributed by atoms with E-state index in [1.54, 1.807) is 48.2 Å². The molecule has 154 valence electrons. The first-order valence-electron chi connectivity index (χ1n) is 9.43. The molecule has 1 saturated heterocycles. The van der Waals surface area contributed by atoms with Crippen molar-refractivity contribution in [1.82, 2.24) is 9.21 Å². The fourth-order valence-corrected chi connectivity index (χ4v) is 5.10. The van der Waals surface area contributed by atoms with Crippen LogP contribution in [0.4, 0.5) is 5.69 Å². The van der Waals surface area contributed by atoms with Crippen molar-refractivity contribution in [2.45, 2.75) is 25.7 Å². The average molecular weight is 416 g/mol. The van der Waals surface area contributed by atoms with Crippen molar-refractivity contribution >= 4 is 27.5 Å². The summed E-state index contributed by atoms with van der Waals surface area (Å²) < 4.78 is 27.4. The highest BCUT2D eigenvalue weighted by Gasteiger charge is 2.31. The number of amides is 2. The zero-order chi connectivity index (χ0) is 21.2. The monoisotopic (exact) mass is 415 g/mol. The summed E-state index contributed by atoms with van der Waals surface area (Å²) >= 11 is 0. The Morgan fingerprint density at radius 3 is 2.28 bits per heavy atom. The van der Waals surface area contributed by atoms with Crippen molar-refractivity contribution in [3.8, 4) is 0 Å². The summed E-state index contributed by atoms with van der Waals surface area (Å²) in [5, 5.41) is 2.66. The molecule has 0 saturated carbocycles. The van der Waals surface area contributed by atoms with Crippen LogP contribution in [0.1, 0.15) is 28.4 Å². The van der Waals surface area contributed by atoms with Crippen LogP contribution in [0.2, 0.25) is 0 Å². The van der Waals surface area contributed by atoms with Gasteiger partial charge in [0, 0.05) is 44.4 Å². The van der Waals surface area contributed by atoms with E-state index in [-0.39, 0.29) is 24.9 Å². The third kappa shape index (κ3) is 4.65. The van der Waals surface area contributed by atoms with Crippen molar-refractivity contribution < 1.29 is 18.0 Å². The molecule has 7 nitrogen and oxygen atoms in total. The van der Waals surface area contributed by atoms with Crippen LogP contribution in [0.15, 0.2) is 47.4 Å². The topological polar surface area (TPSA) is 86.8 Å². The summed E-state index contributed by atoms with van der Waals surface area (Å²) in [5.41, 5.74) is 2.75. The fourth-order valence-electron chi connectivity index (χ4n) is 3.48. The number of hydrogen-bond donors (Lipinski definition) is 1. The molecule has 0 spiro atoms. The van der Waals surface area contributed by atoms with Gasteiger partial charge in [0.25, 0.3) is 5.91 Å². The maximum absolute atomic E-state index is 13.0. The maximum Gasteiger partial charge on any atom is 0.254 e. The molecule has 3 rings (SSSR count). The normalized spacial score (nSPS) is 15.2. The molecule has 1 aliphatic heterocycles. The van der Waals surface area contributed by atoms with Crippen LogP contribution in [0.3, 0.4) is 0 Å². The molecule has 0 radical (unpaired) electrons. The van der Waals surface area contributed by atoms with Gasteiger partial charge < -0.3 is 10.2 Å². The number of carbonyl (C=O) groups excluding carboxylic acids is 2. The van der Waals surface area contributed by atoms with E-state index in [2.05, 4.69) is 5.32 Å². The number of anilines is 1. The average Bonchev–Trinajstić information content (AvgIpc) is 2.67. The molecule has 0 aromatic heterocycles. The van der Waals surface area contributed by atoms with Gasteiger partial charge in [-0.1, -0.05) is 23.8 Å². The lowest BCUT2D eigenvalue weighted by molar-refractivity contribution is -0.114. The van der Waals surface area contributed by atoms with Gasteiger partial charge in [0.2, 0.25) is 15.9 Å². The lowest BCUT2D eigenvalue weighted by atomic mass is 10.1. The summed E-state index contributed by atoms with van der Waals surface area (Å²) in [7, 11) is -3.60. The highest BCUT2D eigenvalue weighted by molar-refractivity contribution is 7.89. The quantitative estimate of drug-likeness (QED) is 0.831. The molecule has 1 fully saturated rings. The number of nitrogens with zero attached hydrogens (tertiary/aromatic N) is 2. The Morgan fingerprint density at radius 1 is 0.966 bits per heavy atom. The summed E-state index contributed by atoms with van der Waals surface area (Å²) in [6.45, 7) is 6.24. The van der Waals surface area contributed by atoms with Crippen molar-refractivity contribution in [2.24, 2.45) is 0 Å². The Bertz CT molecular complexity index is 1040. The van der Waals surface area contributed by atoms with E-state index in [1.807, 2.05) is 13.0 Å². The lowest BCUT2D eigenvalue weighted by Gasteiger charge is -2.34. The molecule has 2 aromatic rings. The molecule has 29 heavy (non-hydrogen) atoms. The predicted molar refractivity (Wildman–Crippen MR) is 111 cm³/mol. The molecule has 0 bridgehead atoms. The van der Waals surface area contributed by atoms with Gasteiger partial charge in [0.05, 0.1) is 4.90 Å². The lowest BCUT2D eigenvalue weighted by Crippen LogP contribution is -2.50. The molecule has 0 unspecified atom stereocenters. The maximum atomic E-state index is 13.0. The van der Waals surface area contributed by atoms with Gasteiger partial charge in [-0.15, -0.1) is 0 Å². The van der Waals surface area contributed by atoms with Crippen LogP contribution >= 0.6 is 0 Å². The second-order valence-corrected chi connectivity index (χ2v) is 9.13. The standard InChI is InChI=1S/C21H25N3O4S/c1-15-7-8-20(16(2)13-15)29(27,28)24-11-9-23(10-12-24)21(26)18-5-4-6-19(14-18)22-17(3)25/h4-8,13-14H,9-12H2,1-3H3,(H,22,25). The van der Waals surface area contributed by atoms with Gasteiger partial charge in [-0.25, -0.2) is 8.42 Å². The number of hydrogen-bond acceptors (Lipinski definition) is 4. The SMILES string of the molecule is CC(=O)Nc1cccc(C(=O)N2CCN(S(=O)(=O)c3ccc(C)cc3C)CC2)c1. The van der Waals surface area contributed by atoms with E-state index >= 15 is 0 Å². The molecule has 0 aliphatic carbocycles. The van der Waals surface area contributed by atoms with Gasteiger partial charge in [0.1, 0.15) is 0 Å². The number of piperazine rings is 1. The Hall–Kier alpha value is -2.71. The van der Waals surface area contributed by atoms with Gasteiger partial charge in [-0.3, -0.25) is 9.59 Å². The molecule has 2 aromatic carbocycles. The number of benzene rings is 2. The van der Waals surface area contributed by atoms with Gasteiger partial charge >= 0.3 is 0 Å². The number of carbonyl (C=O) groups is 2. The van der Waals surface area contributed by atoms with Crippen LogP contribution in [-0.4, -0.2) is 55.6 Å². The zero-order valence-corrected chi connectivity index (χ0v) is 17.6. The molecule has 0 atom stereocenters. The Kier molecular flexibility index (Phi) is 6.04. The smallest absolute Gasteiger partial charge is 0.254 e. The Morgan fingerprint density at radius 2 is 1.66 bits per heavy atom. The highest BCUT2D eigenvalue weighted by atomic mass is 32.2. The molecule has 8 heteroatoms. The number of nitrogens with one attached hydrogen (secondary N) is 1. The highest BCUT2D eigenvalue weighted by Crippen LogP contribution is 2.23. The van der Waals surface area contributed by atoms with E-state index < -0.39 is 10.0 Å². The van der Waals surface area contributed by atoms with E-state index in [1.165, 1.54) is 11.2 Å². The minimum atomic E-state index is -3.60. The fraction of sp³-hybridized carbons (Fsp3) is 0.333. The van der Waals surface area contributed by atoms with E-state index in [9.17, 15) is 18.0 Å². The van der Waals surface area contributed by atoms with Crippen molar-refractivity contribution in [2.75, 3.05) is 31.5 Å². The first-order chi connectivity index (χ1) is 13.7. The molecule has 1 heterocycles. The second-order valence-electron chi connectivity index (χ2n) is 7.23. The third-order valence-corrected chi connectivity index (χ3v) is 6.96. The molecule has 1 aliphatic rings. The van der Waals surface area contributed by atoms with E-state index in [0.29, 0.717) is 29.2 Å². The van der Waals surface area contributed by atoms with Crippen molar-refractivity contribution in [3.63, 3.8) is 0 Å². The Balaban J connectivity index is 1.70. The molecule has 1 N–H and O–H groups in total. The van der Waals surface area contributed by atoms with Crippen LogP contribution < -0.4 is 5.32 Å². The van der Waals surface area contributed by atoms with Crippen molar-refractivity contribution in [3.05, 3.63) is 59.2 Å². The van der Waals surface area contributed by atoms with Crippen LogP contribution in [0, 0.1) is 13.8 Å². The zero-order valence-electron chi connectivity index (χ0n) is 16.8. The minimum absolute atomic E-state index is 0.180. The van der Waals surface area contributed by atoms with Crippen LogP contribution in [-0.2, 0) is 14.8 Å². The summed E-state index contributed by atoms with van der Waals surface area (Å²) in [6, 6.07) is 12.0. The summed E-state index contributed by atoms with van der Waals surface area (Å²) in [6.07, 6.45) is 0. The predicted octanol–water partition coefficient (Wildman–Crippen LogP) is 2.41. The number of rotatable bonds is 4. The third-order valence-electron chi connectivity index (χ3n) is 4.90. The second kappa shape index (κ2) is 8.34. The summed E-state index contributed by atoms with van der Waals surface area (Å²) in [4.78, 5) is 26.0.